The Labute approximate surface area is 158 Å². The normalized spacial score (nSPS) is 18.8. The summed E-state index contributed by atoms with van der Waals surface area (Å²) in [5, 5.41) is 5.20. The Balaban J connectivity index is 1.56. The number of ether oxygens (including phenoxy) is 1. The predicted octanol–water partition coefficient (Wildman–Crippen LogP) is 2.35. The van der Waals surface area contributed by atoms with Crippen LogP contribution in [0.25, 0.3) is 10.9 Å². The van der Waals surface area contributed by atoms with Crippen molar-refractivity contribution in [1.82, 2.24) is 19.1 Å². The van der Waals surface area contributed by atoms with Gasteiger partial charge in [0.1, 0.15) is 0 Å². The summed E-state index contributed by atoms with van der Waals surface area (Å²) in [6, 6.07) is 9.43. The van der Waals surface area contributed by atoms with Crippen molar-refractivity contribution in [2.24, 2.45) is 0 Å². The molecule has 1 aromatic carbocycles. The van der Waals surface area contributed by atoms with Crippen molar-refractivity contribution in [1.29, 1.82) is 0 Å². The van der Waals surface area contributed by atoms with Crippen molar-refractivity contribution >= 4 is 20.9 Å². The first-order valence-corrected chi connectivity index (χ1v) is 10.6. The lowest BCUT2D eigenvalue weighted by molar-refractivity contribution is -0.00264. The maximum atomic E-state index is 13.1. The Morgan fingerprint density at radius 3 is 2.93 bits per heavy atom. The summed E-state index contributed by atoms with van der Waals surface area (Å²) in [5.41, 5.74) is 2.36. The third kappa shape index (κ3) is 3.73. The maximum Gasteiger partial charge on any atom is 0.218 e. The second-order valence-electron chi connectivity index (χ2n) is 6.60. The molecule has 142 valence electrons. The van der Waals surface area contributed by atoms with Gasteiger partial charge in [-0.1, -0.05) is 24.3 Å². The van der Waals surface area contributed by atoms with E-state index in [0.29, 0.717) is 19.7 Å². The molecule has 4 rings (SSSR count). The number of hydrogen-bond donors (Lipinski definition) is 0. The Bertz CT molecular complexity index is 1040. The van der Waals surface area contributed by atoms with E-state index in [1.54, 1.807) is 12.4 Å². The molecule has 1 saturated heterocycles. The number of sulfonamides is 1. The van der Waals surface area contributed by atoms with Crippen LogP contribution < -0.4 is 0 Å². The fourth-order valence-electron chi connectivity index (χ4n) is 3.37. The molecule has 0 radical (unpaired) electrons. The predicted molar refractivity (Wildman–Crippen MR) is 103 cm³/mol. The summed E-state index contributed by atoms with van der Waals surface area (Å²) in [7, 11) is -3.48. The van der Waals surface area contributed by atoms with Crippen molar-refractivity contribution in [2.75, 3.05) is 19.7 Å². The second kappa shape index (κ2) is 7.38. The molecule has 1 aliphatic rings. The van der Waals surface area contributed by atoms with Crippen LogP contribution >= 0.6 is 0 Å². The zero-order valence-corrected chi connectivity index (χ0v) is 16.0. The number of aryl methyl sites for hydroxylation is 1. The van der Waals surface area contributed by atoms with E-state index in [9.17, 15) is 8.42 Å². The molecule has 1 fully saturated rings. The van der Waals surface area contributed by atoms with E-state index in [4.69, 9.17) is 4.74 Å². The quantitative estimate of drug-likeness (QED) is 0.673. The lowest BCUT2D eigenvalue weighted by Gasteiger charge is -2.31. The Kier molecular flexibility index (Phi) is 4.94. The van der Waals surface area contributed by atoms with Gasteiger partial charge in [-0.25, -0.2) is 8.42 Å². The Morgan fingerprint density at radius 1 is 1.26 bits per heavy atom. The van der Waals surface area contributed by atoms with Gasteiger partial charge in [0.25, 0.3) is 0 Å². The summed E-state index contributed by atoms with van der Waals surface area (Å²) in [5.74, 6) is -0.0672. The van der Waals surface area contributed by atoms with Crippen molar-refractivity contribution in [3.63, 3.8) is 0 Å². The van der Waals surface area contributed by atoms with Crippen LogP contribution in [0.1, 0.15) is 24.2 Å². The molecule has 2 aromatic heterocycles. The molecular formula is C19H22N4O3S. The van der Waals surface area contributed by atoms with Gasteiger partial charge in [0.2, 0.25) is 10.0 Å². The smallest absolute Gasteiger partial charge is 0.218 e. The Hall–Kier alpha value is -2.29. The van der Waals surface area contributed by atoms with Gasteiger partial charge in [0.15, 0.2) is 0 Å². The minimum atomic E-state index is -3.48. The molecular weight excluding hydrogens is 364 g/mol. The fourth-order valence-corrected chi connectivity index (χ4v) is 4.89. The van der Waals surface area contributed by atoms with E-state index in [2.05, 4.69) is 10.1 Å². The van der Waals surface area contributed by atoms with Crippen LogP contribution in [-0.4, -0.2) is 47.2 Å². The van der Waals surface area contributed by atoms with Crippen LogP contribution in [0, 0.1) is 0 Å². The third-order valence-electron chi connectivity index (χ3n) is 4.83. The summed E-state index contributed by atoms with van der Waals surface area (Å²) >= 11 is 0. The molecule has 0 amide bonds. The van der Waals surface area contributed by atoms with Gasteiger partial charge in [-0.3, -0.25) is 9.67 Å². The van der Waals surface area contributed by atoms with Crippen molar-refractivity contribution < 1.29 is 13.2 Å². The van der Waals surface area contributed by atoms with Crippen LogP contribution in [0.3, 0.4) is 0 Å². The van der Waals surface area contributed by atoms with Crippen LogP contribution in [-0.2, 0) is 27.1 Å². The highest BCUT2D eigenvalue weighted by Gasteiger charge is 2.31. The highest BCUT2D eigenvalue weighted by molar-refractivity contribution is 7.88. The number of rotatable bonds is 5. The third-order valence-corrected chi connectivity index (χ3v) is 6.62. The van der Waals surface area contributed by atoms with Crippen molar-refractivity contribution in [3.8, 4) is 0 Å². The van der Waals surface area contributed by atoms with Gasteiger partial charge in [-0.2, -0.15) is 9.40 Å². The minimum absolute atomic E-state index is 0.0672. The van der Waals surface area contributed by atoms with E-state index in [1.807, 2.05) is 48.1 Å². The highest BCUT2D eigenvalue weighted by atomic mass is 32.2. The number of aromatic nitrogens is 3. The fraction of sp³-hybridized carbons (Fsp3) is 0.368. The van der Waals surface area contributed by atoms with E-state index >= 15 is 0 Å². The first kappa shape index (κ1) is 18.1. The molecule has 1 atom stereocenters. The molecule has 0 bridgehead atoms. The molecule has 27 heavy (non-hydrogen) atoms. The number of fused-ring (bicyclic) bond motifs is 1. The first-order chi connectivity index (χ1) is 13.1. The molecule has 0 unspecified atom stereocenters. The monoisotopic (exact) mass is 386 g/mol. The summed E-state index contributed by atoms with van der Waals surface area (Å²) < 4.78 is 35.2. The van der Waals surface area contributed by atoms with Crippen LogP contribution in [0.15, 0.2) is 48.9 Å². The van der Waals surface area contributed by atoms with Gasteiger partial charge in [0, 0.05) is 43.0 Å². The van der Waals surface area contributed by atoms with E-state index in [-0.39, 0.29) is 11.9 Å². The first-order valence-electron chi connectivity index (χ1n) is 9.01. The molecule has 1 aliphatic heterocycles. The number of morpholine rings is 1. The van der Waals surface area contributed by atoms with Crippen molar-refractivity contribution in [2.45, 2.75) is 25.3 Å². The molecule has 0 spiro atoms. The molecule has 3 aromatic rings. The maximum absolute atomic E-state index is 13.1. The standard InChI is InChI=1S/C19H22N4O3S/c1-2-22-12-17(11-21-22)18-13-23(9-10-26-18)27(24,25)14-16-6-3-5-15-7-4-8-20-19(15)16/h3-8,11-12,18H,2,9-10,13-14H2,1H3/t18-/m0/s1. The van der Waals surface area contributed by atoms with Gasteiger partial charge in [0.05, 0.1) is 30.2 Å². The highest BCUT2D eigenvalue weighted by Crippen LogP contribution is 2.26. The SMILES string of the molecule is CCn1cc([C@@H]2CN(S(=O)(=O)Cc3cccc4cccnc34)CCO2)cn1. The lowest BCUT2D eigenvalue weighted by Crippen LogP contribution is -2.42. The van der Waals surface area contributed by atoms with Gasteiger partial charge >= 0.3 is 0 Å². The van der Waals surface area contributed by atoms with Crippen molar-refractivity contribution in [3.05, 3.63) is 60.0 Å². The van der Waals surface area contributed by atoms with E-state index < -0.39 is 10.0 Å². The summed E-state index contributed by atoms with van der Waals surface area (Å²) in [4.78, 5) is 4.37. The number of hydrogen-bond acceptors (Lipinski definition) is 5. The largest absolute Gasteiger partial charge is 0.371 e. The Morgan fingerprint density at radius 2 is 2.11 bits per heavy atom. The van der Waals surface area contributed by atoms with Gasteiger partial charge in [-0.05, 0) is 18.6 Å². The molecule has 0 aliphatic carbocycles. The summed E-state index contributed by atoms with van der Waals surface area (Å²) in [6.45, 7) is 3.81. The average molecular weight is 386 g/mol. The molecule has 0 saturated carbocycles. The topological polar surface area (TPSA) is 77.3 Å². The van der Waals surface area contributed by atoms with Crippen LogP contribution in [0.4, 0.5) is 0 Å². The number of pyridine rings is 1. The number of benzene rings is 1. The second-order valence-corrected chi connectivity index (χ2v) is 8.56. The van der Waals surface area contributed by atoms with Crippen LogP contribution in [0.2, 0.25) is 0 Å². The van der Waals surface area contributed by atoms with Crippen LogP contribution in [0.5, 0.6) is 0 Å². The summed E-state index contributed by atoms with van der Waals surface area (Å²) in [6.07, 6.45) is 5.06. The zero-order valence-electron chi connectivity index (χ0n) is 15.2. The van der Waals surface area contributed by atoms with Gasteiger partial charge in [-0.15, -0.1) is 0 Å². The van der Waals surface area contributed by atoms with E-state index in [0.717, 1.165) is 28.6 Å². The average Bonchev–Trinajstić information content (AvgIpc) is 3.18. The lowest BCUT2D eigenvalue weighted by atomic mass is 10.1. The molecule has 7 nitrogen and oxygen atoms in total. The molecule has 8 heteroatoms. The zero-order chi connectivity index (χ0) is 18.9. The molecule has 3 heterocycles. The number of nitrogens with zero attached hydrogens (tertiary/aromatic N) is 4. The van der Waals surface area contributed by atoms with Gasteiger partial charge < -0.3 is 4.74 Å². The van der Waals surface area contributed by atoms with E-state index in [1.165, 1.54) is 4.31 Å². The molecule has 0 N–H and O–H groups in total. The minimum Gasteiger partial charge on any atom is -0.371 e. The number of para-hydroxylation sites is 1.